The Labute approximate surface area is 234 Å². The van der Waals surface area contributed by atoms with Crippen LogP contribution in [0.25, 0.3) is 0 Å². The van der Waals surface area contributed by atoms with Gasteiger partial charge in [0.2, 0.25) is 0 Å². The number of nitrogens with zero attached hydrogens (tertiary/aromatic N) is 2. The number of nitrogens with two attached hydrogens (primary N) is 2. The average molecular weight is 562 g/mol. The maximum Gasteiger partial charge on any atom is 0.259 e. The molecule has 1 atom stereocenters. The molecule has 1 aliphatic rings. The van der Waals surface area contributed by atoms with Crippen molar-refractivity contribution in [3.05, 3.63) is 70.4 Å². The lowest BCUT2D eigenvalue weighted by Crippen LogP contribution is -2.45. The monoisotopic (exact) mass is 561 g/mol. The molecule has 4 rings (SSSR count). The first-order valence-corrected chi connectivity index (χ1v) is 11.6. The molecule has 0 fully saturated rings. The van der Waals surface area contributed by atoms with Gasteiger partial charge in [-0.1, -0.05) is 5.16 Å². The van der Waals surface area contributed by atoms with Gasteiger partial charge in [-0.15, -0.1) is 24.8 Å². The summed E-state index contributed by atoms with van der Waals surface area (Å²) in [6, 6.07) is 10.4. The summed E-state index contributed by atoms with van der Waals surface area (Å²) in [5, 5.41) is 7.10. The summed E-state index contributed by atoms with van der Waals surface area (Å²) < 4.78 is 12.6. The molecule has 1 unspecified atom stereocenters. The fourth-order valence-corrected chi connectivity index (χ4v) is 4.29. The number of halogens is 2. The number of fused-ring (bicyclic) bond motifs is 1. The van der Waals surface area contributed by atoms with Crippen molar-refractivity contribution in [1.82, 2.24) is 4.98 Å². The second-order valence-corrected chi connectivity index (χ2v) is 9.15. The molecule has 5 N–H and O–H groups in total. The average Bonchev–Trinajstić information content (AvgIpc) is 2.86. The highest BCUT2D eigenvalue weighted by Crippen LogP contribution is 2.42. The van der Waals surface area contributed by atoms with Crippen LogP contribution in [0.5, 0.6) is 11.5 Å². The van der Waals surface area contributed by atoms with E-state index in [1.807, 2.05) is 27.7 Å². The predicted molar refractivity (Wildman–Crippen MR) is 155 cm³/mol. The van der Waals surface area contributed by atoms with Gasteiger partial charge in [0.05, 0.1) is 11.3 Å². The molecule has 1 aliphatic heterocycles. The van der Waals surface area contributed by atoms with E-state index < -0.39 is 5.60 Å². The standard InChI is InChI=1S/C27H31N5O4.2ClH/c1-15-16(2)24-22(17(3)23(15)28)21(32-34-5)13-27(4,36-24)14-35-19-10-8-18(9-11-19)31-26(33)20-7-6-12-30-25(20)29;;/h6-12H,13-14,28H2,1-5H3,(H2,29,30)(H,31,33);2*1H. The van der Waals surface area contributed by atoms with E-state index in [1.165, 1.54) is 13.3 Å². The number of pyridine rings is 1. The van der Waals surface area contributed by atoms with Crippen LogP contribution in [0.2, 0.25) is 0 Å². The van der Waals surface area contributed by atoms with Gasteiger partial charge in [-0.05, 0) is 80.8 Å². The maximum absolute atomic E-state index is 12.5. The normalized spacial score (nSPS) is 16.8. The number of anilines is 3. The molecule has 0 saturated heterocycles. The van der Waals surface area contributed by atoms with Gasteiger partial charge in [0, 0.05) is 29.6 Å². The van der Waals surface area contributed by atoms with Crippen molar-refractivity contribution in [2.24, 2.45) is 5.16 Å². The summed E-state index contributed by atoms with van der Waals surface area (Å²) in [5.41, 5.74) is 17.6. The van der Waals surface area contributed by atoms with Crippen LogP contribution in [0, 0.1) is 20.8 Å². The summed E-state index contributed by atoms with van der Waals surface area (Å²) in [6.45, 7) is 8.20. The smallest absolute Gasteiger partial charge is 0.259 e. The summed E-state index contributed by atoms with van der Waals surface area (Å²) in [4.78, 5) is 21.6. The number of aromatic nitrogens is 1. The Morgan fingerprint density at radius 2 is 1.79 bits per heavy atom. The highest BCUT2D eigenvalue weighted by Gasteiger charge is 2.39. The van der Waals surface area contributed by atoms with Gasteiger partial charge in [-0.25, -0.2) is 4.98 Å². The Morgan fingerprint density at radius 3 is 2.42 bits per heavy atom. The Kier molecular flexibility index (Phi) is 9.83. The number of amides is 1. The van der Waals surface area contributed by atoms with E-state index in [0.29, 0.717) is 23.4 Å². The number of ether oxygens (including phenoxy) is 2. The van der Waals surface area contributed by atoms with Crippen molar-refractivity contribution in [2.75, 3.05) is 30.5 Å². The number of benzene rings is 2. The number of carbonyl (C=O) groups is 1. The molecule has 204 valence electrons. The number of rotatable bonds is 6. The fraction of sp³-hybridized carbons (Fsp3) is 0.296. The quantitative estimate of drug-likeness (QED) is 0.276. The van der Waals surface area contributed by atoms with E-state index in [0.717, 1.165) is 39.4 Å². The minimum Gasteiger partial charge on any atom is -0.489 e. The van der Waals surface area contributed by atoms with Gasteiger partial charge >= 0.3 is 0 Å². The summed E-state index contributed by atoms with van der Waals surface area (Å²) in [5.74, 6) is 1.23. The number of nitrogen functional groups attached to an aromatic ring is 2. The topological polar surface area (TPSA) is 134 Å². The Hall–Kier alpha value is -3.69. The number of hydrogen-bond donors (Lipinski definition) is 3. The molecule has 0 spiro atoms. The molecule has 0 radical (unpaired) electrons. The Balaban J connectivity index is 0.00000253. The van der Waals surface area contributed by atoms with E-state index in [9.17, 15) is 4.79 Å². The van der Waals surface area contributed by atoms with Gasteiger partial charge in [-0.3, -0.25) is 4.79 Å². The highest BCUT2D eigenvalue weighted by molar-refractivity contribution is 6.07. The second kappa shape index (κ2) is 12.2. The van der Waals surface area contributed by atoms with E-state index in [-0.39, 0.29) is 43.1 Å². The third-order valence-corrected chi connectivity index (χ3v) is 6.43. The van der Waals surface area contributed by atoms with Crippen molar-refractivity contribution < 1.29 is 19.1 Å². The van der Waals surface area contributed by atoms with Gasteiger partial charge < -0.3 is 31.1 Å². The second-order valence-electron chi connectivity index (χ2n) is 9.15. The fourth-order valence-electron chi connectivity index (χ4n) is 4.29. The first kappa shape index (κ1) is 30.5. The minimum absolute atomic E-state index is 0. The summed E-state index contributed by atoms with van der Waals surface area (Å²) in [6.07, 6.45) is 2.02. The van der Waals surface area contributed by atoms with Gasteiger partial charge in [0.1, 0.15) is 36.6 Å². The van der Waals surface area contributed by atoms with Crippen LogP contribution < -0.4 is 26.3 Å². The largest absolute Gasteiger partial charge is 0.489 e. The zero-order chi connectivity index (χ0) is 26.0. The summed E-state index contributed by atoms with van der Waals surface area (Å²) in [7, 11) is 1.53. The Morgan fingerprint density at radius 1 is 1.11 bits per heavy atom. The van der Waals surface area contributed by atoms with Crippen molar-refractivity contribution in [3.8, 4) is 11.5 Å². The molecular formula is C27H33Cl2N5O4. The highest BCUT2D eigenvalue weighted by atomic mass is 35.5. The molecule has 1 amide bonds. The molecule has 0 bridgehead atoms. The molecule has 3 aromatic rings. The molecule has 2 heterocycles. The third-order valence-electron chi connectivity index (χ3n) is 6.43. The first-order chi connectivity index (χ1) is 17.1. The molecule has 9 nitrogen and oxygen atoms in total. The van der Waals surface area contributed by atoms with Crippen molar-refractivity contribution >= 4 is 53.6 Å². The van der Waals surface area contributed by atoms with Crippen LogP contribution >= 0.6 is 24.8 Å². The minimum atomic E-state index is -0.686. The molecular weight excluding hydrogens is 529 g/mol. The van der Waals surface area contributed by atoms with Crippen LogP contribution in [-0.4, -0.2) is 35.9 Å². The SMILES string of the molecule is CON=C1CC(C)(COc2ccc(NC(=O)c3cccnc3N)cc2)Oc2c(C)c(C)c(N)c(C)c21.Cl.Cl. The van der Waals surface area contributed by atoms with Crippen molar-refractivity contribution in [2.45, 2.75) is 39.7 Å². The number of oxime groups is 1. The van der Waals surface area contributed by atoms with E-state index in [4.69, 9.17) is 25.8 Å². The lowest BCUT2D eigenvalue weighted by Gasteiger charge is -2.38. The molecule has 2 aromatic carbocycles. The van der Waals surface area contributed by atoms with Crippen molar-refractivity contribution in [1.29, 1.82) is 0 Å². The first-order valence-electron chi connectivity index (χ1n) is 11.6. The molecule has 38 heavy (non-hydrogen) atoms. The maximum atomic E-state index is 12.5. The van der Waals surface area contributed by atoms with Gasteiger partial charge in [-0.2, -0.15) is 0 Å². The van der Waals surface area contributed by atoms with E-state index >= 15 is 0 Å². The van der Waals surface area contributed by atoms with Crippen LogP contribution in [0.3, 0.4) is 0 Å². The van der Waals surface area contributed by atoms with Crippen LogP contribution in [0.1, 0.15) is 46.0 Å². The van der Waals surface area contributed by atoms with Gasteiger partial charge in [0.25, 0.3) is 5.91 Å². The molecule has 1 aromatic heterocycles. The van der Waals surface area contributed by atoms with Crippen LogP contribution in [0.15, 0.2) is 47.8 Å². The third kappa shape index (κ3) is 6.06. The zero-order valence-electron chi connectivity index (χ0n) is 22.0. The number of hydrogen-bond acceptors (Lipinski definition) is 8. The van der Waals surface area contributed by atoms with E-state index in [1.54, 1.807) is 36.4 Å². The van der Waals surface area contributed by atoms with Crippen molar-refractivity contribution in [3.63, 3.8) is 0 Å². The number of nitrogens with one attached hydrogen (secondary N) is 1. The Bertz CT molecular complexity index is 1350. The zero-order valence-corrected chi connectivity index (χ0v) is 23.6. The lowest BCUT2D eigenvalue weighted by atomic mass is 9.85. The molecule has 0 saturated carbocycles. The van der Waals surface area contributed by atoms with E-state index in [2.05, 4.69) is 15.5 Å². The lowest BCUT2D eigenvalue weighted by molar-refractivity contribution is 0.0353. The van der Waals surface area contributed by atoms with Crippen LogP contribution in [-0.2, 0) is 4.84 Å². The summed E-state index contributed by atoms with van der Waals surface area (Å²) >= 11 is 0. The predicted octanol–water partition coefficient (Wildman–Crippen LogP) is 5.24. The molecule has 11 heteroatoms. The van der Waals surface area contributed by atoms with Crippen LogP contribution in [0.4, 0.5) is 17.2 Å². The van der Waals surface area contributed by atoms with Gasteiger partial charge in [0.15, 0.2) is 0 Å². The number of carbonyl (C=O) groups excluding carboxylic acids is 1. The molecule has 0 aliphatic carbocycles.